The van der Waals surface area contributed by atoms with Crippen molar-refractivity contribution in [3.05, 3.63) is 102 Å². The maximum absolute atomic E-state index is 13.5. The number of carboxylic acid groups (broad SMARTS) is 1. The predicted octanol–water partition coefficient (Wildman–Crippen LogP) is 6.78. The molecule has 5 rings (SSSR count). The molecule has 7 nitrogen and oxygen atoms in total. The summed E-state index contributed by atoms with van der Waals surface area (Å²) in [6, 6.07) is 18.9. The molecular weight excluding hydrogens is 542 g/mol. The van der Waals surface area contributed by atoms with Gasteiger partial charge in [0, 0.05) is 15.5 Å². The molecule has 3 N–H and O–H groups in total. The highest BCUT2D eigenvalue weighted by molar-refractivity contribution is 8.00. The molecule has 3 aromatic rings. The molecule has 2 atom stereocenters. The fourth-order valence-corrected chi connectivity index (χ4v) is 6.34. The Bertz CT molecular complexity index is 1480. The monoisotopic (exact) mass is 563 g/mol. The van der Waals surface area contributed by atoms with E-state index in [0.717, 1.165) is 15.5 Å². The molecule has 0 radical (unpaired) electrons. The largest absolute Gasteiger partial charge is 0.478 e. The van der Waals surface area contributed by atoms with Gasteiger partial charge in [-0.15, -0.1) is 23.5 Å². The zero-order valence-electron chi connectivity index (χ0n) is 19.8. The van der Waals surface area contributed by atoms with Gasteiger partial charge in [0.25, 0.3) is 0 Å². The van der Waals surface area contributed by atoms with Gasteiger partial charge >= 0.3 is 12.0 Å². The summed E-state index contributed by atoms with van der Waals surface area (Å²) in [7, 11) is 0. The number of aromatic carboxylic acids is 1. The highest BCUT2D eigenvalue weighted by Gasteiger charge is 2.36. The van der Waals surface area contributed by atoms with Crippen LogP contribution in [0.2, 0.25) is 5.02 Å². The number of urea groups is 1. The van der Waals surface area contributed by atoms with Crippen molar-refractivity contribution in [1.29, 1.82) is 0 Å². The molecule has 38 heavy (non-hydrogen) atoms. The van der Waals surface area contributed by atoms with Crippen LogP contribution in [0.5, 0.6) is 0 Å². The summed E-state index contributed by atoms with van der Waals surface area (Å²) in [5, 5.41) is 15.2. The lowest BCUT2D eigenvalue weighted by Gasteiger charge is -2.40. The molecule has 1 aliphatic carbocycles. The van der Waals surface area contributed by atoms with Gasteiger partial charge in [0.1, 0.15) is 0 Å². The average Bonchev–Trinajstić information content (AvgIpc) is 2.91. The van der Waals surface area contributed by atoms with Gasteiger partial charge < -0.3 is 15.7 Å². The van der Waals surface area contributed by atoms with Crippen LogP contribution in [0.1, 0.15) is 10.4 Å². The minimum absolute atomic E-state index is 0.0294. The maximum Gasteiger partial charge on any atom is 0.335 e. The topological polar surface area (TPSA) is 98.7 Å². The maximum atomic E-state index is 13.5. The Kier molecular flexibility index (Phi) is 7.78. The number of carboxylic acids is 1. The first-order valence-electron chi connectivity index (χ1n) is 11.7. The number of carbonyl (C=O) groups is 3. The zero-order valence-corrected chi connectivity index (χ0v) is 22.2. The van der Waals surface area contributed by atoms with Crippen molar-refractivity contribution >= 4 is 70.1 Å². The minimum Gasteiger partial charge on any atom is -0.478 e. The van der Waals surface area contributed by atoms with Gasteiger partial charge in [-0.2, -0.15) is 0 Å². The molecule has 3 amide bonds. The number of benzene rings is 3. The third-order valence-corrected chi connectivity index (χ3v) is 8.53. The second kappa shape index (κ2) is 11.4. The van der Waals surface area contributed by atoms with E-state index < -0.39 is 5.97 Å². The van der Waals surface area contributed by atoms with Gasteiger partial charge in [0.05, 0.1) is 39.0 Å². The van der Waals surface area contributed by atoms with E-state index in [0.29, 0.717) is 5.69 Å². The van der Waals surface area contributed by atoms with E-state index >= 15 is 0 Å². The second-order valence-corrected chi connectivity index (χ2v) is 11.2. The van der Waals surface area contributed by atoms with Gasteiger partial charge in [-0.1, -0.05) is 54.1 Å². The van der Waals surface area contributed by atoms with Gasteiger partial charge in [-0.3, -0.25) is 9.69 Å². The number of carbonyl (C=O) groups excluding carboxylic acids is 2. The molecule has 1 aliphatic heterocycles. The summed E-state index contributed by atoms with van der Waals surface area (Å²) in [6.45, 7) is 0. The lowest BCUT2D eigenvalue weighted by atomic mass is 10.1. The van der Waals surface area contributed by atoms with E-state index in [4.69, 9.17) is 16.7 Å². The fraction of sp³-hybridized carbons (Fsp3) is 0.107. The summed E-state index contributed by atoms with van der Waals surface area (Å²) < 4.78 is 0. The smallest absolute Gasteiger partial charge is 0.335 e. The molecule has 2 aliphatic rings. The molecule has 2 unspecified atom stereocenters. The lowest BCUT2D eigenvalue weighted by molar-refractivity contribution is -0.113. The van der Waals surface area contributed by atoms with E-state index in [1.165, 1.54) is 30.0 Å². The van der Waals surface area contributed by atoms with Gasteiger partial charge in [0.2, 0.25) is 5.91 Å². The van der Waals surface area contributed by atoms with Crippen molar-refractivity contribution in [2.24, 2.45) is 0 Å². The molecule has 10 heteroatoms. The van der Waals surface area contributed by atoms with Crippen molar-refractivity contribution in [1.82, 2.24) is 0 Å². The SMILES string of the molecule is O=C(CSc1cccc(NC(=O)N2c3ccccc3SC3C=CC=CC32)c1)Nc1cc(C(=O)O)ccc1Cl. The highest BCUT2D eigenvalue weighted by Crippen LogP contribution is 2.43. The molecule has 3 aromatic carbocycles. The Morgan fingerprint density at radius 1 is 0.974 bits per heavy atom. The Hall–Kier alpha value is -3.66. The molecule has 192 valence electrons. The van der Waals surface area contributed by atoms with Crippen LogP contribution in [0.25, 0.3) is 0 Å². The Balaban J connectivity index is 1.25. The first kappa shape index (κ1) is 26.0. The predicted molar refractivity (Wildman–Crippen MR) is 154 cm³/mol. The van der Waals surface area contributed by atoms with Crippen LogP contribution >= 0.6 is 35.1 Å². The average molecular weight is 564 g/mol. The molecule has 0 spiro atoms. The van der Waals surface area contributed by atoms with E-state index in [1.807, 2.05) is 60.7 Å². The van der Waals surface area contributed by atoms with Crippen LogP contribution in [0.4, 0.5) is 21.9 Å². The van der Waals surface area contributed by atoms with Crippen LogP contribution in [-0.2, 0) is 4.79 Å². The first-order valence-corrected chi connectivity index (χ1v) is 13.9. The summed E-state index contributed by atoms with van der Waals surface area (Å²) in [5.41, 5.74) is 1.74. The van der Waals surface area contributed by atoms with E-state index in [2.05, 4.69) is 16.7 Å². The van der Waals surface area contributed by atoms with Crippen LogP contribution in [-0.4, -0.2) is 40.1 Å². The van der Waals surface area contributed by atoms with Crippen molar-refractivity contribution in [2.45, 2.75) is 21.1 Å². The van der Waals surface area contributed by atoms with Gasteiger partial charge in [-0.25, -0.2) is 9.59 Å². The van der Waals surface area contributed by atoms with Crippen molar-refractivity contribution in [2.75, 3.05) is 21.3 Å². The Labute approximate surface area is 232 Å². The zero-order chi connectivity index (χ0) is 26.6. The number of halogens is 1. The number of thioether (sulfide) groups is 2. The molecule has 0 saturated carbocycles. The molecule has 0 bridgehead atoms. The van der Waals surface area contributed by atoms with Crippen LogP contribution in [0, 0.1) is 0 Å². The number of para-hydroxylation sites is 1. The van der Waals surface area contributed by atoms with Crippen molar-refractivity contribution in [3.63, 3.8) is 0 Å². The number of nitrogens with one attached hydrogen (secondary N) is 2. The first-order chi connectivity index (χ1) is 18.4. The molecule has 0 aromatic heterocycles. The number of amides is 3. The Morgan fingerprint density at radius 2 is 1.79 bits per heavy atom. The second-order valence-electron chi connectivity index (χ2n) is 8.48. The summed E-state index contributed by atoms with van der Waals surface area (Å²) in [5.74, 6) is -1.37. The van der Waals surface area contributed by atoms with E-state index in [1.54, 1.807) is 22.7 Å². The molecule has 1 heterocycles. The fourth-order valence-electron chi connectivity index (χ4n) is 4.16. The number of hydrogen-bond acceptors (Lipinski definition) is 5. The quantitative estimate of drug-likeness (QED) is 0.286. The van der Waals surface area contributed by atoms with Gasteiger partial charge in [0.15, 0.2) is 0 Å². The van der Waals surface area contributed by atoms with Crippen molar-refractivity contribution < 1.29 is 19.5 Å². The summed E-state index contributed by atoms with van der Waals surface area (Å²) in [4.78, 5) is 40.8. The van der Waals surface area contributed by atoms with Crippen molar-refractivity contribution in [3.8, 4) is 0 Å². The Morgan fingerprint density at radius 3 is 2.63 bits per heavy atom. The van der Waals surface area contributed by atoms with E-state index in [9.17, 15) is 14.4 Å². The molecule has 0 saturated heterocycles. The number of hydrogen-bond donors (Lipinski definition) is 3. The third-order valence-electron chi connectivity index (χ3n) is 5.90. The minimum atomic E-state index is -1.11. The summed E-state index contributed by atoms with van der Waals surface area (Å²) in [6.07, 6.45) is 8.12. The number of rotatable bonds is 6. The van der Waals surface area contributed by atoms with Crippen LogP contribution < -0.4 is 15.5 Å². The number of fused-ring (bicyclic) bond motifs is 2. The number of anilines is 3. The molecular formula is C28H22ClN3O4S2. The van der Waals surface area contributed by atoms with E-state index in [-0.39, 0.29) is 45.3 Å². The highest BCUT2D eigenvalue weighted by atomic mass is 35.5. The van der Waals surface area contributed by atoms with Crippen LogP contribution in [0.15, 0.2) is 101 Å². The normalized spacial score (nSPS) is 17.3. The van der Waals surface area contributed by atoms with Gasteiger partial charge in [-0.05, 0) is 48.5 Å². The molecule has 0 fully saturated rings. The standard InChI is InChI=1S/C28H22ClN3O4S2/c29-20-13-12-17(27(34)35)14-21(20)31-26(33)16-37-19-7-5-6-18(15-19)30-28(36)32-22-8-1-3-10-24(22)38-25-11-4-2-9-23(25)32/h1-15,22,24H,16H2,(H,30,36)(H,31,33)(H,34,35). The number of allylic oxidation sites excluding steroid dienone is 2. The third kappa shape index (κ3) is 5.75. The lowest BCUT2D eigenvalue weighted by Crippen LogP contribution is -2.49. The summed E-state index contributed by atoms with van der Waals surface area (Å²) >= 11 is 9.13. The van der Waals surface area contributed by atoms with Crippen LogP contribution in [0.3, 0.4) is 0 Å². The number of nitrogens with zero attached hydrogens (tertiary/aromatic N) is 1.